The molecule has 5 atom stereocenters. The summed E-state index contributed by atoms with van der Waals surface area (Å²) in [4.78, 5) is 61.7. The highest BCUT2D eigenvalue weighted by atomic mass is 16.8. The Labute approximate surface area is 160 Å². The van der Waals surface area contributed by atoms with Crippen molar-refractivity contribution in [1.29, 1.82) is 0 Å². The zero-order valence-electron chi connectivity index (χ0n) is 16.0. The molecule has 13 heteroatoms. The molecule has 1 rings (SSSR count). The lowest BCUT2D eigenvalue weighted by Gasteiger charge is -2.45. The van der Waals surface area contributed by atoms with Crippen molar-refractivity contribution in [3.8, 4) is 0 Å². The van der Waals surface area contributed by atoms with E-state index in [1.165, 1.54) is 0 Å². The third-order valence-corrected chi connectivity index (χ3v) is 3.45. The monoisotopic (exact) mass is 406 g/mol. The van der Waals surface area contributed by atoms with Gasteiger partial charge in [0.25, 0.3) is 0 Å². The first kappa shape index (κ1) is 23.2. The number of carbonyl (C=O) groups is 4. The second kappa shape index (κ2) is 10.5. The van der Waals surface area contributed by atoms with Crippen molar-refractivity contribution in [1.82, 2.24) is 5.17 Å². The van der Waals surface area contributed by atoms with E-state index in [0.29, 0.717) is 5.17 Å². The molecule has 0 amide bonds. The Bertz CT molecular complexity index is 611. The molecule has 0 bridgehead atoms. The molecule has 13 nitrogen and oxygen atoms in total. The van der Waals surface area contributed by atoms with Crippen molar-refractivity contribution in [2.24, 2.45) is 5.29 Å². The summed E-state index contributed by atoms with van der Waals surface area (Å²) in [5.41, 5.74) is 0. The summed E-state index contributed by atoms with van der Waals surface area (Å²) in [5, 5.41) is 3.03. The highest BCUT2D eigenvalue weighted by molar-refractivity contribution is 5.68. The van der Waals surface area contributed by atoms with Gasteiger partial charge in [-0.05, 0) is 0 Å². The van der Waals surface area contributed by atoms with Gasteiger partial charge < -0.3 is 23.7 Å². The first-order chi connectivity index (χ1) is 13.1. The van der Waals surface area contributed by atoms with Crippen LogP contribution in [0, 0.1) is 4.91 Å². The van der Waals surface area contributed by atoms with Crippen LogP contribution in [0.5, 0.6) is 0 Å². The molecule has 1 saturated heterocycles. The Morgan fingerprint density at radius 3 is 1.79 bits per heavy atom. The van der Waals surface area contributed by atoms with E-state index in [4.69, 9.17) is 28.5 Å². The van der Waals surface area contributed by atoms with Crippen LogP contribution >= 0.6 is 0 Å². The van der Waals surface area contributed by atoms with Crippen LogP contribution in [0.4, 0.5) is 0 Å². The van der Waals surface area contributed by atoms with Gasteiger partial charge in [0.05, 0.1) is 12.4 Å². The lowest BCUT2D eigenvalue weighted by Crippen LogP contribution is -2.65. The summed E-state index contributed by atoms with van der Waals surface area (Å²) in [6.07, 6.45) is -6.90. The van der Waals surface area contributed by atoms with Gasteiger partial charge in [-0.25, -0.2) is 0 Å². The second-order valence-electron chi connectivity index (χ2n) is 5.66. The van der Waals surface area contributed by atoms with Gasteiger partial charge in [-0.1, -0.05) is 0 Å². The van der Waals surface area contributed by atoms with Gasteiger partial charge in [0, 0.05) is 27.7 Å². The van der Waals surface area contributed by atoms with Crippen LogP contribution in [0.15, 0.2) is 5.29 Å². The lowest BCUT2D eigenvalue weighted by atomic mass is 9.97. The summed E-state index contributed by atoms with van der Waals surface area (Å²) in [5.74, 6) is -3.03. The average molecular weight is 406 g/mol. The van der Waals surface area contributed by atoms with E-state index >= 15 is 0 Å². The van der Waals surface area contributed by atoms with Crippen molar-refractivity contribution in [3.63, 3.8) is 0 Å². The normalized spacial score (nSPS) is 26.5. The highest BCUT2D eigenvalue weighted by Gasteiger charge is 2.54. The van der Waals surface area contributed by atoms with Crippen molar-refractivity contribution in [2.45, 2.75) is 58.3 Å². The standard InChI is InChI=1S/C15H22N2O11/c1-7(18)24-6-11-12(25-8(2)19)13(26-9(3)20)14(27-10(4)21)15(28-11)17(16-22)23-5/h11-15H,6H2,1-5H3/t11-,12-,13+,14-,15-/m1/s1. The molecule has 0 aliphatic carbocycles. The zero-order valence-corrected chi connectivity index (χ0v) is 16.0. The Morgan fingerprint density at radius 1 is 0.857 bits per heavy atom. The molecule has 0 aromatic heterocycles. The molecular weight excluding hydrogens is 384 g/mol. The van der Waals surface area contributed by atoms with Crippen LogP contribution in [-0.2, 0) is 47.7 Å². The summed E-state index contributed by atoms with van der Waals surface area (Å²) in [7, 11) is 1.09. The minimum Gasteiger partial charge on any atom is -0.463 e. The molecule has 1 fully saturated rings. The van der Waals surface area contributed by atoms with Crippen LogP contribution in [0.2, 0.25) is 0 Å². The fourth-order valence-corrected chi connectivity index (χ4v) is 2.57. The largest absolute Gasteiger partial charge is 0.463 e. The third-order valence-electron chi connectivity index (χ3n) is 3.45. The molecule has 0 aromatic rings. The summed E-state index contributed by atoms with van der Waals surface area (Å²) < 4.78 is 26.0. The molecule has 0 saturated carbocycles. The van der Waals surface area contributed by atoms with Gasteiger partial charge >= 0.3 is 23.9 Å². The Balaban J connectivity index is 3.38. The molecule has 0 aromatic carbocycles. The van der Waals surface area contributed by atoms with E-state index < -0.39 is 61.1 Å². The summed E-state index contributed by atoms with van der Waals surface area (Å²) >= 11 is 0. The van der Waals surface area contributed by atoms with E-state index in [2.05, 4.69) is 5.29 Å². The van der Waals surface area contributed by atoms with Crippen LogP contribution in [-0.4, -0.2) is 73.4 Å². The number of nitroso groups, excluding NO2 is 1. The fourth-order valence-electron chi connectivity index (χ4n) is 2.57. The van der Waals surface area contributed by atoms with E-state index in [9.17, 15) is 24.1 Å². The molecule has 1 aliphatic heterocycles. The van der Waals surface area contributed by atoms with Crippen LogP contribution in [0.3, 0.4) is 0 Å². The van der Waals surface area contributed by atoms with Gasteiger partial charge in [-0.3, -0.25) is 24.0 Å². The maximum absolute atomic E-state index is 11.6. The van der Waals surface area contributed by atoms with Crippen LogP contribution in [0.1, 0.15) is 27.7 Å². The van der Waals surface area contributed by atoms with Crippen molar-refractivity contribution >= 4 is 23.9 Å². The number of hydrogen-bond donors (Lipinski definition) is 0. The van der Waals surface area contributed by atoms with E-state index in [1.54, 1.807) is 0 Å². The van der Waals surface area contributed by atoms with Gasteiger partial charge in [0.2, 0.25) is 6.23 Å². The van der Waals surface area contributed by atoms with Crippen molar-refractivity contribution < 1.29 is 47.7 Å². The van der Waals surface area contributed by atoms with Crippen molar-refractivity contribution in [2.75, 3.05) is 13.7 Å². The first-order valence-corrected chi connectivity index (χ1v) is 8.07. The molecule has 0 N–H and O–H groups in total. The molecule has 1 aliphatic rings. The summed E-state index contributed by atoms with van der Waals surface area (Å²) in [6, 6.07) is 0. The Morgan fingerprint density at radius 2 is 1.36 bits per heavy atom. The maximum atomic E-state index is 11.6. The molecular formula is C15H22N2O11. The number of nitrogens with zero attached hydrogens (tertiary/aromatic N) is 2. The molecule has 1 heterocycles. The fraction of sp³-hybridized carbons (Fsp3) is 0.733. The van der Waals surface area contributed by atoms with Gasteiger partial charge in [-0.2, -0.15) is 0 Å². The predicted octanol–water partition coefficient (Wildman–Crippen LogP) is -0.386. The number of rotatable bonds is 8. The van der Waals surface area contributed by atoms with Gasteiger partial charge in [-0.15, -0.1) is 10.1 Å². The average Bonchev–Trinajstić information content (AvgIpc) is 2.57. The minimum atomic E-state index is -1.50. The molecule has 0 unspecified atom stereocenters. The molecule has 0 radical (unpaired) electrons. The van der Waals surface area contributed by atoms with Crippen LogP contribution < -0.4 is 0 Å². The number of ether oxygens (including phenoxy) is 5. The predicted molar refractivity (Wildman–Crippen MR) is 86.6 cm³/mol. The smallest absolute Gasteiger partial charge is 0.303 e. The molecule has 28 heavy (non-hydrogen) atoms. The number of hydroxylamine groups is 1. The third kappa shape index (κ3) is 6.42. The minimum absolute atomic E-state index is 0.425. The van der Waals surface area contributed by atoms with Gasteiger partial charge in [0.15, 0.2) is 18.3 Å². The molecule has 0 spiro atoms. The van der Waals surface area contributed by atoms with E-state index in [0.717, 1.165) is 34.8 Å². The number of esters is 4. The van der Waals surface area contributed by atoms with Crippen LogP contribution in [0.25, 0.3) is 0 Å². The molecule has 158 valence electrons. The first-order valence-electron chi connectivity index (χ1n) is 8.07. The SMILES string of the molecule is CON(N=O)[C@@H]1O[C@H](COC(C)=O)[C@@H](OC(C)=O)[C@H](OC(C)=O)[C@H]1OC(C)=O. The van der Waals surface area contributed by atoms with E-state index in [-0.39, 0.29) is 0 Å². The van der Waals surface area contributed by atoms with Crippen molar-refractivity contribution in [3.05, 3.63) is 4.91 Å². The number of hydrogen-bond acceptors (Lipinski definition) is 12. The second-order valence-corrected chi connectivity index (χ2v) is 5.66. The maximum Gasteiger partial charge on any atom is 0.303 e. The lowest BCUT2D eigenvalue weighted by molar-refractivity contribution is -0.332. The zero-order chi connectivity index (χ0) is 21.4. The Hall–Kier alpha value is -2.80. The highest BCUT2D eigenvalue weighted by Crippen LogP contribution is 2.31. The Kier molecular flexibility index (Phi) is 8.73. The quantitative estimate of drug-likeness (QED) is 0.223. The van der Waals surface area contributed by atoms with E-state index in [1.807, 2.05) is 0 Å². The van der Waals surface area contributed by atoms with Gasteiger partial charge in [0.1, 0.15) is 12.7 Å². The summed E-state index contributed by atoms with van der Waals surface area (Å²) in [6.45, 7) is 3.95. The number of carbonyl (C=O) groups excluding carboxylic acids is 4. The topological polar surface area (TPSA) is 156 Å².